The molecule has 0 fully saturated rings. The molecule has 0 spiro atoms. The fourth-order valence-electron chi connectivity index (χ4n) is 3.87. The van der Waals surface area contributed by atoms with Gasteiger partial charge in [0.15, 0.2) is 0 Å². The molecule has 0 radical (unpaired) electrons. The molecule has 1 atom stereocenters. The molecule has 0 aromatic heterocycles. The number of unbranched alkanes of at least 4 members (excludes halogenated alkanes) is 13. The lowest BCUT2D eigenvalue weighted by Crippen LogP contribution is -2.21. The van der Waals surface area contributed by atoms with Crippen LogP contribution in [0, 0.1) is 5.92 Å². The average Bonchev–Trinajstić information content (AvgIpc) is 2.82. The van der Waals surface area contributed by atoms with E-state index < -0.39 is 10.1 Å². The number of ether oxygens (including phenoxy) is 1. The van der Waals surface area contributed by atoms with Crippen molar-refractivity contribution >= 4 is 21.9 Å². The molecule has 1 rings (SSSR count). The van der Waals surface area contributed by atoms with Crippen LogP contribution >= 0.6 is 11.8 Å². The largest absolute Gasteiger partial charge is 0.384 e. The monoisotopic (exact) mass is 500 g/mol. The standard InChI is InChI=1S/C27H48O4S2/c1-3-4-5-6-7-8-9-10-11-12-13-14-15-19-22-32-25-26(23-30-2)24-31-33(28,29)27-20-17-16-18-21-27/h16-18,20-21,26H,3-15,19,22-25H2,1-2H3. The van der Waals surface area contributed by atoms with Crippen LogP contribution in [0.4, 0.5) is 0 Å². The maximum atomic E-state index is 12.3. The van der Waals surface area contributed by atoms with Gasteiger partial charge in [-0.15, -0.1) is 0 Å². The predicted molar refractivity (Wildman–Crippen MR) is 143 cm³/mol. The molecule has 6 heteroatoms. The Kier molecular flexibility index (Phi) is 19.2. The van der Waals surface area contributed by atoms with E-state index in [0.29, 0.717) is 6.61 Å². The Morgan fingerprint density at radius 1 is 0.758 bits per heavy atom. The second-order valence-electron chi connectivity index (χ2n) is 9.04. The first-order valence-electron chi connectivity index (χ1n) is 13.1. The van der Waals surface area contributed by atoms with Gasteiger partial charge in [0.1, 0.15) is 0 Å². The van der Waals surface area contributed by atoms with Crippen molar-refractivity contribution in [3.63, 3.8) is 0 Å². The molecule has 0 aliphatic rings. The van der Waals surface area contributed by atoms with Crippen LogP contribution in [-0.4, -0.2) is 40.2 Å². The maximum absolute atomic E-state index is 12.3. The number of hydrogen-bond acceptors (Lipinski definition) is 5. The van der Waals surface area contributed by atoms with Gasteiger partial charge in [-0.1, -0.05) is 109 Å². The van der Waals surface area contributed by atoms with E-state index in [1.165, 1.54) is 89.9 Å². The van der Waals surface area contributed by atoms with Crippen molar-refractivity contribution < 1.29 is 17.3 Å². The second-order valence-corrected chi connectivity index (χ2v) is 11.8. The van der Waals surface area contributed by atoms with Crippen molar-refractivity contribution in [3.05, 3.63) is 30.3 Å². The fraction of sp³-hybridized carbons (Fsp3) is 0.778. The van der Waals surface area contributed by atoms with Gasteiger partial charge in [-0.25, -0.2) is 0 Å². The van der Waals surface area contributed by atoms with E-state index in [9.17, 15) is 8.42 Å². The van der Waals surface area contributed by atoms with Crippen molar-refractivity contribution in [1.82, 2.24) is 0 Å². The Morgan fingerprint density at radius 3 is 1.79 bits per heavy atom. The summed E-state index contributed by atoms with van der Waals surface area (Å²) in [5, 5.41) is 0. The lowest BCUT2D eigenvalue weighted by atomic mass is 10.0. The Labute approximate surface area is 208 Å². The molecule has 0 aliphatic carbocycles. The minimum atomic E-state index is -3.70. The van der Waals surface area contributed by atoms with Crippen LogP contribution in [0.3, 0.4) is 0 Å². The topological polar surface area (TPSA) is 52.6 Å². The van der Waals surface area contributed by atoms with Gasteiger partial charge in [-0.05, 0) is 24.3 Å². The van der Waals surface area contributed by atoms with Crippen LogP contribution in [-0.2, 0) is 19.0 Å². The molecule has 1 aromatic rings. The summed E-state index contributed by atoms with van der Waals surface area (Å²) in [5.74, 6) is 2.05. The minimum Gasteiger partial charge on any atom is -0.384 e. The van der Waals surface area contributed by atoms with Crippen LogP contribution < -0.4 is 0 Å². The molecule has 1 aromatic carbocycles. The van der Waals surface area contributed by atoms with Gasteiger partial charge in [-0.2, -0.15) is 20.2 Å². The summed E-state index contributed by atoms with van der Waals surface area (Å²) < 4.78 is 35.1. The third-order valence-electron chi connectivity index (χ3n) is 5.89. The van der Waals surface area contributed by atoms with Crippen molar-refractivity contribution in [3.8, 4) is 0 Å². The molecule has 0 heterocycles. The van der Waals surface area contributed by atoms with E-state index in [0.717, 1.165) is 11.5 Å². The summed E-state index contributed by atoms with van der Waals surface area (Å²) in [4.78, 5) is 0.205. The Balaban J connectivity index is 1.99. The molecule has 4 nitrogen and oxygen atoms in total. The van der Waals surface area contributed by atoms with Crippen molar-refractivity contribution in [2.24, 2.45) is 5.92 Å². The fourth-order valence-corrected chi connectivity index (χ4v) is 5.97. The quantitative estimate of drug-likeness (QED) is 0.113. The van der Waals surface area contributed by atoms with Gasteiger partial charge in [0.25, 0.3) is 10.1 Å². The van der Waals surface area contributed by atoms with Crippen LogP contribution in [0.5, 0.6) is 0 Å². The molecule has 1 unspecified atom stereocenters. The van der Waals surface area contributed by atoms with Gasteiger partial charge in [0, 0.05) is 18.8 Å². The van der Waals surface area contributed by atoms with Gasteiger partial charge in [0.05, 0.1) is 18.1 Å². The van der Waals surface area contributed by atoms with Crippen LogP contribution in [0.1, 0.15) is 96.8 Å². The third-order valence-corrected chi connectivity index (χ3v) is 8.47. The van der Waals surface area contributed by atoms with Gasteiger partial charge in [0.2, 0.25) is 0 Å². The van der Waals surface area contributed by atoms with Crippen LogP contribution in [0.2, 0.25) is 0 Å². The van der Waals surface area contributed by atoms with E-state index in [4.69, 9.17) is 8.92 Å². The second kappa shape index (κ2) is 20.8. The van der Waals surface area contributed by atoms with Crippen molar-refractivity contribution in [2.75, 3.05) is 31.8 Å². The number of benzene rings is 1. The first-order valence-corrected chi connectivity index (χ1v) is 15.7. The molecule has 0 aliphatic heterocycles. The highest BCUT2D eigenvalue weighted by Crippen LogP contribution is 2.18. The molecular weight excluding hydrogens is 452 g/mol. The van der Waals surface area contributed by atoms with E-state index in [-0.39, 0.29) is 17.4 Å². The zero-order chi connectivity index (χ0) is 24.0. The first kappa shape index (κ1) is 30.5. The number of rotatable bonds is 23. The molecule has 0 bridgehead atoms. The Bertz CT molecular complexity index is 649. The van der Waals surface area contributed by atoms with Gasteiger partial charge >= 0.3 is 0 Å². The number of hydrogen-bond donors (Lipinski definition) is 0. The SMILES string of the molecule is CCCCCCCCCCCCCCCCSCC(COC)COS(=O)(=O)c1ccccc1. The zero-order valence-electron chi connectivity index (χ0n) is 21.1. The Hall–Kier alpha value is -0.560. The highest BCUT2D eigenvalue weighted by Gasteiger charge is 2.18. The summed E-state index contributed by atoms with van der Waals surface area (Å²) in [7, 11) is -2.05. The predicted octanol–water partition coefficient (Wildman–Crippen LogP) is 7.87. The van der Waals surface area contributed by atoms with Crippen LogP contribution in [0.25, 0.3) is 0 Å². The number of thioether (sulfide) groups is 1. The highest BCUT2D eigenvalue weighted by molar-refractivity contribution is 7.99. The normalized spacial score (nSPS) is 12.8. The van der Waals surface area contributed by atoms with Crippen LogP contribution in [0.15, 0.2) is 35.2 Å². The average molecular weight is 501 g/mol. The van der Waals surface area contributed by atoms with Gasteiger partial charge in [-0.3, -0.25) is 4.18 Å². The molecular formula is C27H48O4S2. The summed E-state index contributed by atoms with van der Waals surface area (Å²) >= 11 is 1.88. The summed E-state index contributed by atoms with van der Waals surface area (Å²) in [6.45, 7) is 2.95. The van der Waals surface area contributed by atoms with E-state index in [2.05, 4.69) is 6.92 Å². The zero-order valence-corrected chi connectivity index (χ0v) is 22.8. The molecule has 0 saturated carbocycles. The highest BCUT2D eigenvalue weighted by atomic mass is 32.2. The van der Waals surface area contributed by atoms with Crippen molar-refractivity contribution in [2.45, 2.75) is 102 Å². The lowest BCUT2D eigenvalue weighted by molar-refractivity contribution is 0.131. The van der Waals surface area contributed by atoms with E-state index in [1.807, 2.05) is 11.8 Å². The molecule has 0 N–H and O–H groups in total. The van der Waals surface area contributed by atoms with Crippen molar-refractivity contribution in [1.29, 1.82) is 0 Å². The molecule has 0 amide bonds. The lowest BCUT2D eigenvalue weighted by Gasteiger charge is -2.16. The minimum absolute atomic E-state index is 0.0742. The molecule has 33 heavy (non-hydrogen) atoms. The summed E-state index contributed by atoms with van der Waals surface area (Å²) in [5.41, 5.74) is 0. The van der Waals surface area contributed by atoms with Gasteiger partial charge < -0.3 is 4.74 Å². The number of methoxy groups -OCH3 is 1. The third kappa shape index (κ3) is 16.7. The van der Waals surface area contributed by atoms with E-state index in [1.54, 1.807) is 37.4 Å². The molecule has 0 saturated heterocycles. The molecule has 192 valence electrons. The summed E-state index contributed by atoms with van der Waals surface area (Å²) in [6.07, 6.45) is 19.3. The first-order chi connectivity index (χ1) is 16.1. The summed E-state index contributed by atoms with van der Waals surface area (Å²) in [6, 6.07) is 8.32. The smallest absolute Gasteiger partial charge is 0.296 e. The van der Waals surface area contributed by atoms with E-state index >= 15 is 0 Å². The maximum Gasteiger partial charge on any atom is 0.296 e. The Morgan fingerprint density at radius 2 is 1.27 bits per heavy atom.